The van der Waals surface area contributed by atoms with E-state index in [0.717, 1.165) is 5.01 Å². The molecule has 0 aliphatic heterocycles. The number of nitrogens with one attached hydrogen (secondary N) is 2. The molecule has 2 aromatic heterocycles. The van der Waals surface area contributed by atoms with E-state index in [1.54, 1.807) is 41.8 Å². The quantitative estimate of drug-likeness (QED) is 0.286. The van der Waals surface area contributed by atoms with Crippen LogP contribution >= 0.6 is 57.9 Å². The van der Waals surface area contributed by atoms with Crippen molar-refractivity contribution in [3.05, 3.63) is 73.9 Å². The predicted octanol–water partition coefficient (Wildman–Crippen LogP) is 5.05. The Balaban J connectivity index is 1.52. The third kappa shape index (κ3) is 6.50. The molecule has 0 radical (unpaired) electrons. The van der Waals surface area contributed by atoms with E-state index < -0.39 is 5.91 Å². The van der Waals surface area contributed by atoms with E-state index in [9.17, 15) is 9.59 Å². The summed E-state index contributed by atoms with van der Waals surface area (Å²) in [5.74, 6) is -0.195. The molecule has 2 N–H and O–H groups in total. The molecule has 14 heteroatoms. The van der Waals surface area contributed by atoms with Gasteiger partial charge in [0.05, 0.1) is 28.6 Å². The van der Waals surface area contributed by atoms with Crippen LogP contribution < -0.4 is 10.6 Å². The van der Waals surface area contributed by atoms with Crippen LogP contribution in [0.15, 0.2) is 47.6 Å². The van der Waals surface area contributed by atoms with E-state index in [1.807, 2.05) is 6.07 Å². The summed E-state index contributed by atoms with van der Waals surface area (Å²) in [5, 5.41) is 24.5. The molecule has 0 aliphatic rings. The number of anilines is 1. The van der Waals surface area contributed by atoms with Gasteiger partial charge in [0, 0.05) is 10.0 Å². The lowest BCUT2D eigenvalue weighted by Gasteiger charge is -2.12. The number of carbonyl (C=O) groups excluding carboxylic acids is 2. The average Bonchev–Trinajstić information content (AvgIpc) is 3.43. The first-order valence-electron chi connectivity index (χ1n) is 9.96. The van der Waals surface area contributed by atoms with E-state index in [1.165, 1.54) is 29.2 Å². The molecule has 0 atom stereocenters. The molecule has 0 spiro atoms. The minimum absolute atomic E-state index is 0.0397. The molecule has 180 valence electrons. The number of carbonyl (C=O) groups is 2. The maximum absolute atomic E-state index is 12.7. The molecule has 0 saturated heterocycles. The summed E-state index contributed by atoms with van der Waals surface area (Å²) in [6, 6.07) is 11.7. The first-order valence-corrected chi connectivity index (χ1v) is 12.9. The van der Waals surface area contributed by atoms with Gasteiger partial charge in [-0.2, -0.15) is 0 Å². The first kappa shape index (κ1) is 25.4. The minimum Gasteiger partial charge on any atom is -0.345 e. The fourth-order valence-electron chi connectivity index (χ4n) is 2.94. The summed E-state index contributed by atoms with van der Waals surface area (Å²) < 4.78 is 1.72. The number of halogens is 3. The molecule has 2 aromatic carbocycles. The maximum atomic E-state index is 12.7. The zero-order valence-corrected chi connectivity index (χ0v) is 21.9. The van der Waals surface area contributed by atoms with Gasteiger partial charge in [-0.15, -0.1) is 20.4 Å². The molecular weight excluding hydrogens is 553 g/mol. The van der Waals surface area contributed by atoms with Gasteiger partial charge in [-0.05, 0) is 43.3 Å². The van der Waals surface area contributed by atoms with Gasteiger partial charge < -0.3 is 5.32 Å². The van der Waals surface area contributed by atoms with Crippen LogP contribution in [0.3, 0.4) is 0 Å². The SMILES string of the molecule is Cc1nnc(NC(=O)CSc2nnc(CNC(=O)c3cc(Cl)ccc3Cl)n2-c2cccc(Cl)c2)s1. The summed E-state index contributed by atoms with van der Waals surface area (Å²) in [4.78, 5) is 25.1. The number of aryl methyl sites for hydroxylation is 1. The van der Waals surface area contributed by atoms with Gasteiger partial charge in [0.1, 0.15) is 5.01 Å². The second-order valence-corrected chi connectivity index (χ2v) is 10.4. The monoisotopic (exact) mass is 567 g/mol. The van der Waals surface area contributed by atoms with Gasteiger partial charge in [0.25, 0.3) is 5.91 Å². The lowest BCUT2D eigenvalue weighted by Crippen LogP contribution is -2.25. The normalized spacial score (nSPS) is 10.9. The van der Waals surface area contributed by atoms with Crippen LogP contribution in [0.5, 0.6) is 0 Å². The Labute approximate surface area is 223 Å². The second-order valence-electron chi connectivity index (χ2n) is 6.98. The fourth-order valence-corrected chi connectivity index (χ4v) is 4.88. The van der Waals surface area contributed by atoms with Crippen LogP contribution in [0.4, 0.5) is 5.13 Å². The molecule has 0 fully saturated rings. The first-order chi connectivity index (χ1) is 16.8. The molecule has 35 heavy (non-hydrogen) atoms. The lowest BCUT2D eigenvalue weighted by atomic mass is 10.2. The Bertz CT molecular complexity index is 1390. The molecule has 2 heterocycles. The van der Waals surface area contributed by atoms with E-state index in [4.69, 9.17) is 34.8 Å². The van der Waals surface area contributed by atoms with Gasteiger partial charge in [-0.1, -0.05) is 64.0 Å². The average molecular weight is 569 g/mol. The lowest BCUT2D eigenvalue weighted by molar-refractivity contribution is -0.113. The Morgan fingerprint density at radius 1 is 1.03 bits per heavy atom. The van der Waals surface area contributed by atoms with Crippen molar-refractivity contribution in [1.82, 2.24) is 30.3 Å². The fraction of sp³-hybridized carbons (Fsp3) is 0.143. The number of rotatable bonds is 8. The molecule has 4 aromatic rings. The highest BCUT2D eigenvalue weighted by molar-refractivity contribution is 7.99. The minimum atomic E-state index is -0.418. The molecule has 9 nitrogen and oxygen atoms in total. The zero-order valence-electron chi connectivity index (χ0n) is 18.0. The highest BCUT2D eigenvalue weighted by Crippen LogP contribution is 2.25. The number of nitrogens with zero attached hydrogens (tertiary/aromatic N) is 5. The number of amides is 2. The van der Waals surface area contributed by atoms with Crippen molar-refractivity contribution in [1.29, 1.82) is 0 Å². The smallest absolute Gasteiger partial charge is 0.253 e. The zero-order chi connectivity index (χ0) is 24.9. The molecule has 0 aliphatic carbocycles. The Hall–Kier alpha value is -2.70. The number of benzene rings is 2. The summed E-state index contributed by atoms with van der Waals surface area (Å²) in [7, 11) is 0. The highest BCUT2D eigenvalue weighted by Gasteiger charge is 2.18. The van der Waals surface area contributed by atoms with E-state index in [2.05, 4.69) is 31.0 Å². The van der Waals surface area contributed by atoms with Crippen molar-refractivity contribution in [2.24, 2.45) is 0 Å². The molecule has 0 bridgehead atoms. The van der Waals surface area contributed by atoms with Crippen molar-refractivity contribution >= 4 is 74.8 Å². The maximum Gasteiger partial charge on any atom is 0.253 e. The van der Waals surface area contributed by atoms with Crippen molar-refractivity contribution in [2.45, 2.75) is 18.6 Å². The summed E-state index contributed by atoms with van der Waals surface area (Å²) in [5.41, 5.74) is 0.918. The van der Waals surface area contributed by atoms with Crippen LogP contribution in [0.2, 0.25) is 15.1 Å². The number of thioether (sulfide) groups is 1. The molecule has 4 rings (SSSR count). The van der Waals surface area contributed by atoms with E-state index >= 15 is 0 Å². The third-order valence-electron chi connectivity index (χ3n) is 4.45. The summed E-state index contributed by atoms with van der Waals surface area (Å²) >= 11 is 20.8. The Kier molecular flexibility index (Phi) is 8.24. The van der Waals surface area contributed by atoms with Gasteiger partial charge in [0.15, 0.2) is 11.0 Å². The van der Waals surface area contributed by atoms with Gasteiger partial charge >= 0.3 is 0 Å². The highest BCUT2D eigenvalue weighted by atomic mass is 35.5. The number of aromatic nitrogens is 5. The molecule has 0 unspecified atom stereocenters. The van der Waals surface area contributed by atoms with Crippen LogP contribution in [0.1, 0.15) is 21.2 Å². The second kappa shape index (κ2) is 11.4. The molecule has 0 saturated carbocycles. The van der Waals surface area contributed by atoms with Crippen LogP contribution in [-0.2, 0) is 11.3 Å². The predicted molar refractivity (Wildman–Crippen MR) is 138 cm³/mol. The van der Waals surface area contributed by atoms with Crippen LogP contribution in [-0.4, -0.2) is 42.5 Å². The van der Waals surface area contributed by atoms with Gasteiger partial charge in [-0.25, -0.2) is 0 Å². The Morgan fingerprint density at radius 2 is 1.83 bits per heavy atom. The summed E-state index contributed by atoms with van der Waals surface area (Å²) in [6.45, 7) is 1.84. The Morgan fingerprint density at radius 3 is 2.57 bits per heavy atom. The topological polar surface area (TPSA) is 115 Å². The van der Waals surface area contributed by atoms with Gasteiger partial charge in [-0.3, -0.25) is 19.5 Å². The standard InChI is InChI=1S/C21H16Cl3N7O2S2/c1-11-27-29-20(35-11)26-18(32)10-34-21-30-28-17(31(21)14-4-2-3-12(22)7-14)9-25-19(33)15-8-13(23)5-6-16(15)24/h2-8H,9-10H2,1H3,(H,25,33)(H,26,29,32). The van der Waals surface area contributed by atoms with Crippen LogP contribution in [0, 0.1) is 6.92 Å². The van der Waals surface area contributed by atoms with Crippen molar-refractivity contribution in [2.75, 3.05) is 11.1 Å². The third-order valence-corrected chi connectivity index (χ3v) is 6.93. The van der Waals surface area contributed by atoms with Crippen molar-refractivity contribution < 1.29 is 9.59 Å². The molecular formula is C21H16Cl3N7O2S2. The van der Waals surface area contributed by atoms with Crippen LogP contribution in [0.25, 0.3) is 5.69 Å². The molecule has 2 amide bonds. The van der Waals surface area contributed by atoms with Crippen molar-refractivity contribution in [3.63, 3.8) is 0 Å². The largest absolute Gasteiger partial charge is 0.345 e. The number of hydrogen-bond acceptors (Lipinski definition) is 8. The summed E-state index contributed by atoms with van der Waals surface area (Å²) in [6.07, 6.45) is 0. The van der Waals surface area contributed by atoms with E-state index in [0.29, 0.717) is 31.8 Å². The van der Waals surface area contributed by atoms with E-state index in [-0.39, 0.29) is 28.8 Å². The van der Waals surface area contributed by atoms with Gasteiger partial charge in [0.2, 0.25) is 11.0 Å². The van der Waals surface area contributed by atoms with Crippen molar-refractivity contribution in [3.8, 4) is 5.69 Å². The number of hydrogen-bond donors (Lipinski definition) is 2.